The van der Waals surface area contributed by atoms with Gasteiger partial charge in [-0.3, -0.25) is 0 Å². The summed E-state index contributed by atoms with van der Waals surface area (Å²) in [4.78, 5) is 4.11. The van der Waals surface area contributed by atoms with Crippen LogP contribution in [0.3, 0.4) is 0 Å². The van der Waals surface area contributed by atoms with Crippen LogP contribution >= 0.6 is 12.2 Å². The lowest BCUT2D eigenvalue weighted by atomic mass is 9.92. The summed E-state index contributed by atoms with van der Waals surface area (Å²) < 4.78 is 0. The lowest BCUT2D eigenvalue weighted by molar-refractivity contribution is 1.35. The summed E-state index contributed by atoms with van der Waals surface area (Å²) in [6, 6.07) is 18.8. The number of nitrogens with zero attached hydrogens (tertiary/aromatic N) is 1. The van der Waals surface area contributed by atoms with E-state index in [9.17, 15) is 0 Å². The molecule has 0 radical (unpaired) electrons. The summed E-state index contributed by atoms with van der Waals surface area (Å²) in [5, 5.41) is 2.44. The van der Waals surface area contributed by atoms with E-state index in [4.69, 9.17) is 12.2 Å². The monoisotopic (exact) mass is 367 g/mol. The third-order valence-electron chi connectivity index (χ3n) is 4.59. The van der Waals surface area contributed by atoms with Crippen molar-refractivity contribution >= 4 is 23.1 Å². The zero-order valence-electron chi connectivity index (χ0n) is 16.1. The molecule has 0 amide bonds. The quantitative estimate of drug-likeness (QED) is 0.278. The summed E-state index contributed by atoms with van der Waals surface area (Å²) in [7, 11) is 0. The molecule has 0 aliphatic heterocycles. The largest absolute Gasteiger partial charge is 0.194 e. The lowest BCUT2D eigenvalue weighted by Gasteiger charge is -2.12. The van der Waals surface area contributed by atoms with E-state index in [0.29, 0.717) is 0 Å². The molecule has 132 valence electrons. The van der Waals surface area contributed by atoms with E-state index in [0.717, 1.165) is 22.4 Å². The fraction of sp³-hybridized carbons (Fsp3) is 0.160. The van der Waals surface area contributed by atoms with Gasteiger partial charge in [0.25, 0.3) is 0 Å². The van der Waals surface area contributed by atoms with E-state index in [2.05, 4.69) is 91.3 Å². The minimum atomic E-state index is 0.865. The summed E-state index contributed by atoms with van der Waals surface area (Å²) in [6.07, 6.45) is 0. The van der Waals surface area contributed by atoms with E-state index in [1.54, 1.807) is 0 Å². The van der Waals surface area contributed by atoms with Crippen molar-refractivity contribution in [2.45, 2.75) is 27.7 Å². The maximum absolute atomic E-state index is 4.71. The van der Waals surface area contributed by atoms with E-state index in [1.165, 1.54) is 27.8 Å². The Hall–Kier alpha value is -2.98. The topological polar surface area (TPSA) is 12.4 Å². The molecular weight excluding hydrogens is 346 g/mol. The summed E-state index contributed by atoms with van der Waals surface area (Å²) in [5.74, 6) is 6.55. The molecule has 0 aliphatic carbocycles. The lowest BCUT2D eigenvalue weighted by Crippen LogP contribution is -1.91. The first-order valence-corrected chi connectivity index (χ1v) is 9.27. The van der Waals surface area contributed by atoms with Crippen LogP contribution in [-0.2, 0) is 0 Å². The molecule has 1 nitrogen and oxygen atoms in total. The molecule has 0 saturated carbocycles. The second kappa shape index (κ2) is 8.14. The predicted octanol–water partition coefficient (Wildman–Crippen LogP) is 6.72. The zero-order valence-corrected chi connectivity index (χ0v) is 16.9. The molecule has 0 atom stereocenters. The molecule has 27 heavy (non-hydrogen) atoms. The van der Waals surface area contributed by atoms with Crippen LogP contribution in [0.15, 0.2) is 59.6 Å². The molecule has 0 aromatic heterocycles. The molecule has 0 unspecified atom stereocenters. The molecular formula is C25H21NS. The molecule has 3 rings (SSSR count). The summed E-state index contributed by atoms with van der Waals surface area (Å²) in [5.41, 5.74) is 10.1. The van der Waals surface area contributed by atoms with Gasteiger partial charge < -0.3 is 0 Å². The fourth-order valence-corrected chi connectivity index (χ4v) is 3.36. The van der Waals surface area contributed by atoms with Gasteiger partial charge in [0.15, 0.2) is 0 Å². The van der Waals surface area contributed by atoms with Gasteiger partial charge in [-0.2, -0.15) is 4.99 Å². The van der Waals surface area contributed by atoms with Crippen LogP contribution in [0.5, 0.6) is 0 Å². The van der Waals surface area contributed by atoms with Crippen LogP contribution < -0.4 is 0 Å². The van der Waals surface area contributed by atoms with E-state index >= 15 is 0 Å². The van der Waals surface area contributed by atoms with Gasteiger partial charge in [-0.05, 0) is 104 Å². The molecule has 0 bridgehead atoms. The Morgan fingerprint density at radius 1 is 0.704 bits per heavy atom. The zero-order chi connectivity index (χ0) is 19.4. The first-order chi connectivity index (χ1) is 13.0. The molecule has 0 heterocycles. The average Bonchev–Trinajstić information content (AvgIpc) is 2.63. The van der Waals surface area contributed by atoms with Crippen LogP contribution in [0.2, 0.25) is 0 Å². The number of hydrogen-bond acceptors (Lipinski definition) is 2. The Balaban J connectivity index is 1.97. The molecule has 0 fully saturated rings. The number of hydrogen-bond donors (Lipinski definition) is 0. The van der Waals surface area contributed by atoms with Crippen molar-refractivity contribution in [2.24, 2.45) is 4.99 Å². The number of aliphatic imine (C=N–C) groups is 1. The Bertz CT molecular complexity index is 1080. The van der Waals surface area contributed by atoms with E-state index in [-0.39, 0.29) is 0 Å². The van der Waals surface area contributed by atoms with Gasteiger partial charge in [0.05, 0.1) is 10.8 Å². The molecule has 0 N–H and O–H groups in total. The Morgan fingerprint density at radius 3 is 1.93 bits per heavy atom. The highest BCUT2D eigenvalue weighted by Gasteiger charge is 2.09. The van der Waals surface area contributed by atoms with Crippen molar-refractivity contribution in [1.29, 1.82) is 0 Å². The van der Waals surface area contributed by atoms with Crippen molar-refractivity contribution in [2.75, 3.05) is 0 Å². The summed E-state index contributed by atoms with van der Waals surface area (Å²) in [6.45, 7) is 8.40. The summed E-state index contributed by atoms with van der Waals surface area (Å²) >= 11 is 4.71. The number of aryl methyl sites for hydroxylation is 4. The van der Waals surface area contributed by atoms with Crippen molar-refractivity contribution in [3.05, 3.63) is 88.0 Å². The van der Waals surface area contributed by atoms with Gasteiger partial charge in [0.2, 0.25) is 0 Å². The van der Waals surface area contributed by atoms with Gasteiger partial charge in [-0.15, -0.1) is 0 Å². The van der Waals surface area contributed by atoms with Crippen LogP contribution in [0.25, 0.3) is 11.1 Å². The van der Waals surface area contributed by atoms with Crippen LogP contribution in [0, 0.1) is 39.5 Å². The fourth-order valence-electron chi connectivity index (χ4n) is 3.26. The predicted molar refractivity (Wildman–Crippen MR) is 118 cm³/mol. The molecule has 2 heteroatoms. The number of benzene rings is 3. The first kappa shape index (κ1) is 18.8. The number of isothiocyanates is 1. The number of thiocarbonyl (C=S) groups is 1. The van der Waals surface area contributed by atoms with Gasteiger partial charge >= 0.3 is 0 Å². The second-order valence-corrected chi connectivity index (χ2v) is 6.99. The van der Waals surface area contributed by atoms with Crippen LogP contribution in [-0.4, -0.2) is 5.16 Å². The molecule has 0 spiro atoms. The minimum absolute atomic E-state index is 0.865. The Morgan fingerprint density at radius 2 is 1.33 bits per heavy atom. The SMILES string of the molecule is Cc1ccc(C#Cc2cc(C)c(-c3ccc(N=C=S)c(C)c3)c(C)c2)cc1. The maximum Gasteiger partial charge on any atom is 0.0769 e. The molecule has 3 aromatic rings. The average molecular weight is 368 g/mol. The third kappa shape index (κ3) is 4.41. The smallest absolute Gasteiger partial charge is 0.0769 e. The Kier molecular flexibility index (Phi) is 5.67. The Labute approximate surface area is 166 Å². The van der Waals surface area contributed by atoms with Crippen molar-refractivity contribution in [3.8, 4) is 23.0 Å². The second-order valence-electron chi connectivity index (χ2n) is 6.81. The molecule has 0 saturated heterocycles. The normalized spacial score (nSPS) is 9.93. The highest BCUT2D eigenvalue weighted by Crippen LogP contribution is 2.31. The van der Waals surface area contributed by atoms with Crippen LogP contribution in [0.1, 0.15) is 33.4 Å². The van der Waals surface area contributed by atoms with Gasteiger partial charge in [-0.1, -0.05) is 35.6 Å². The van der Waals surface area contributed by atoms with Crippen molar-refractivity contribution < 1.29 is 0 Å². The molecule has 3 aromatic carbocycles. The minimum Gasteiger partial charge on any atom is -0.194 e. The van der Waals surface area contributed by atoms with Gasteiger partial charge in [0, 0.05) is 11.1 Å². The van der Waals surface area contributed by atoms with E-state index < -0.39 is 0 Å². The molecule has 0 aliphatic rings. The maximum atomic E-state index is 4.71. The highest BCUT2D eigenvalue weighted by molar-refractivity contribution is 7.78. The number of rotatable bonds is 2. The van der Waals surface area contributed by atoms with Gasteiger partial charge in [-0.25, -0.2) is 0 Å². The highest BCUT2D eigenvalue weighted by atomic mass is 32.1. The van der Waals surface area contributed by atoms with E-state index in [1.807, 2.05) is 13.0 Å². The van der Waals surface area contributed by atoms with Crippen molar-refractivity contribution in [1.82, 2.24) is 0 Å². The van der Waals surface area contributed by atoms with Crippen molar-refractivity contribution in [3.63, 3.8) is 0 Å². The van der Waals surface area contributed by atoms with Gasteiger partial charge in [0.1, 0.15) is 0 Å². The first-order valence-electron chi connectivity index (χ1n) is 8.87. The third-order valence-corrected chi connectivity index (χ3v) is 4.68. The van der Waals surface area contributed by atoms with Crippen LogP contribution in [0.4, 0.5) is 5.69 Å². The standard InChI is InChI=1S/C25H21NS/c1-17-5-7-21(8-6-17)9-10-22-13-19(3)25(20(4)14-22)23-11-12-24(26-16-27)18(2)15-23/h5-8,11-15H,1-4H3.